The van der Waals surface area contributed by atoms with Gasteiger partial charge in [0.2, 0.25) is 0 Å². The highest BCUT2D eigenvalue weighted by Crippen LogP contribution is 2.29. The summed E-state index contributed by atoms with van der Waals surface area (Å²) < 4.78 is 0.876. The molecule has 1 unspecified atom stereocenters. The van der Waals surface area contributed by atoms with Crippen LogP contribution in [0.3, 0.4) is 0 Å². The standard InChI is InChI=1S/C12H9Cl2NOS2/c1-7(18-12-15-4-5-17-12)11(16)9-3-2-8(13)6-10(9)14/h2-7H,1H3. The summed E-state index contributed by atoms with van der Waals surface area (Å²) in [4.78, 5) is 16.4. The number of benzene rings is 1. The molecule has 1 atom stereocenters. The molecule has 0 fully saturated rings. The highest BCUT2D eigenvalue weighted by atomic mass is 35.5. The number of thioether (sulfide) groups is 1. The van der Waals surface area contributed by atoms with E-state index < -0.39 is 0 Å². The molecule has 0 aliphatic heterocycles. The lowest BCUT2D eigenvalue weighted by atomic mass is 10.1. The summed E-state index contributed by atoms with van der Waals surface area (Å²) >= 11 is 14.8. The van der Waals surface area contributed by atoms with Gasteiger partial charge in [-0.2, -0.15) is 0 Å². The zero-order chi connectivity index (χ0) is 13.1. The monoisotopic (exact) mass is 317 g/mol. The molecule has 0 aliphatic rings. The Kier molecular flexibility index (Phi) is 4.67. The smallest absolute Gasteiger partial charge is 0.177 e. The second kappa shape index (κ2) is 6.06. The molecule has 0 radical (unpaired) electrons. The Morgan fingerprint density at radius 2 is 2.22 bits per heavy atom. The van der Waals surface area contributed by atoms with Gasteiger partial charge in [-0.15, -0.1) is 11.3 Å². The third kappa shape index (κ3) is 3.26. The highest BCUT2D eigenvalue weighted by molar-refractivity contribution is 8.02. The molecule has 0 amide bonds. The number of hydrogen-bond donors (Lipinski definition) is 0. The summed E-state index contributed by atoms with van der Waals surface area (Å²) in [5.74, 6) is -0.0168. The molecule has 1 aromatic heterocycles. The molecule has 18 heavy (non-hydrogen) atoms. The number of Topliss-reactive ketones (excluding diaryl/α,β-unsaturated/α-hetero) is 1. The van der Waals surface area contributed by atoms with Crippen LogP contribution in [-0.4, -0.2) is 16.0 Å². The van der Waals surface area contributed by atoms with Crippen molar-refractivity contribution in [2.75, 3.05) is 0 Å². The van der Waals surface area contributed by atoms with E-state index in [4.69, 9.17) is 23.2 Å². The van der Waals surface area contributed by atoms with Crippen LogP contribution in [0.5, 0.6) is 0 Å². The van der Waals surface area contributed by atoms with Crippen LogP contribution < -0.4 is 0 Å². The predicted octanol–water partition coefficient (Wildman–Crippen LogP) is 4.81. The number of carbonyl (C=O) groups is 1. The van der Waals surface area contributed by atoms with Crippen LogP contribution in [0.1, 0.15) is 17.3 Å². The molecule has 0 bridgehead atoms. The van der Waals surface area contributed by atoms with Crippen LogP contribution in [0.25, 0.3) is 0 Å². The Balaban J connectivity index is 2.15. The van der Waals surface area contributed by atoms with E-state index in [0.717, 1.165) is 4.34 Å². The number of carbonyl (C=O) groups excluding carboxylic acids is 1. The number of rotatable bonds is 4. The quantitative estimate of drug-likeness (QED) is 0.598. The number of halogens is 2. The summed E-state index contributed by atoms with van der Waals surface area (Å²) in [6.45, 7) is 1.85. The SMILES string of the molecule is CC(Sc1nccs1)C(=O)c1ccc(Cl)cc1Cl. The maximum atomic E-state index is 12.2. The maximum absolute atomic E-state index is 12.2. The van der Waals surface area contributed by atoms with Crippen LogP contribution in [0.4, 0.5) is 0 Å². The van der Waals surface area contributed by atoms with Crippen LogP contribution in [-0.2, 0) is 0 Å². The van der Waals surface area contributed by atoms with Gasteiger partial charge in [-0.05, 0) is 25.1 Å². The number of ketones is 1. The normalized spacial score (nSPS) is 12.4. The molecule has 1 aromatic carbocycles. The molecular formula is C12H9Cl2NOS2. The maximum Gasteiger partial charge on any atom is 0.177 e. The lowest BCUT2D eigenvalue weighted by molar-refractivity contribution is 0.0994. The lowest BCUT2D eigenvalue weighted by Gasteiger charge is -2.09. The summed E-state index contributed by atoms with van der Waals surface area (Å²) in [7, 11) is 0. The first-order valence-corrected chi connectivity index (χ1v) is 7.65. The van der Waals surface area contributed by atoms with Crippen molar-refractivity contribution in [3.8, 4) is 0 Å². The van der Waals surface area contributed by atoms with Gasteiger partial charge in [0.25, 0.3) is 0 Å². The Morgan fingerprint density at radius 3 is 2.83 bits per heavy atom. The van der Waals surface area contributed by atoms with Crippen LogP contribution in [0.15, 0.2) is 34.1 Å². The minimum absolute atomic E-state index is 0.0168. The molecule has 0 saturated carbocycles. The van der Waals surface area contributed by atoms with Crippen LogP contribution >= 0.6 is 46.3 Å². The third-order valence-electron chi connectivity index (χ3n) is 2.25. The summed E-state index contributed by atoms with van der Waals surface area (Å²) in [6, 6.07) is 4.91. The van der Waals surface area contributed by atoms with Crippen molar-refractivity contribution in [1.82, 2.24) is 4.98 Å². The third-order valence-corrected chi connectivity index (χ3v) is 4.82. The fourth-order valence-electron chi connectivity index (χ4n) is 1.38. The van der Waals surface area contributed by atoms with Crippen LogP contribution in [0.2, 0.25) is 10.0 Å². The Bertz CT molecular complexity index is 557. The Morgan fingerprint density at radius 1 is 1.44 bits per heavy atom. The molecule has 1 heterocycles. The van der Waals surface area contributed by atoms with Gasteiger partial charge < -0.3 is 0 Å². The Hall–Kier alpha value is -0.550. The minimum Gasteiger partial charge on any atom is -0.293 e. The van der Waals surface area contributed by atoms with Crippen molar-refractivity contribution in [2.24, 2.45) is 0 Å². The predicted molar refractivity (Wildman–Crippen MR) is 78.2 cm³/mol. The van der Waals surface area contributed by atoms with Gasteiger partial charge in [-0.3, -0.25) is 4.79 Å². The Labute approximate surface area is 123 Å². The van der Waals surface area contributed by atoms with E-state index in [-0.39, 0.29) is 11.0 Å². The largest absolute Gasteiger partial charge is 0.293 e. The van der Waals surface area contributed by atoms with E-state index in [0.29, 0.717) is 15.6 Å². The molecule has 0 spiro atoms. The topological polar surface area (TPSA) is 30.0 Å². The number of hydrogen-bond acceptors (Lipinski definition) is 4. The molecule has 0 aliphatic carbocycles. The summed E-state index contributed by atoms with van der Waals surface area (Å²) in [6.07, 6.45) is 1.72. The van der Waals surface area contributed by atoms with Gasteiger partial charge in [-0.1, -0.05) is 35.0 Å². The molecule has 2 rings (SSSR count). The highest BCUT2D eigenvalue weighted by Gasteiger charge is 2.20. The van der Waals surface area contributed by atoms with Crippen molar-refractivity contribution in [1.29, 1.82) is 0 Å². The van der Waals surface area contributed by atoms with Crippen molar-refractivity contribution in [3.63, 3.8) is 0 Å². The van der Waals surface area contributed by atoms with Crippen molar-refractivity contribution in [3.05, 3.63) is 45.4 Å². The first-order chi connectivity index (χ1) is 8.58. The molecule has 2 aromatic rings. The van der Waals surface area contributed by atoms with Gasteiger partial charge >= 0.3 is 0 Å². The van der Waals surface area contributed by atoms with E-state index in [1.54, 1.807) is 24.4 Å². The van der Waals surface area contributed by atoms with Gasteiger partial charge in [0.15, 0.2) is 5.78 Å². The minimum atomic E-state index is -0.227. The first-order valence-electron chi connectivity index (χ1n) is 5.13. The second-order valence-electron chi connectivity index (χ2n) is 3.55. The van der Waals surface area contributed by atoms with Crippen molar-refractivity contribution in [2.45, 2.75) is 16.5 Å². The molecule has 94 valence electrons. The molecule has 6 heteroatoms. The van der Waals surface area contributed by atoms with Gasteiger partial charge in [-0.25, -0.2) is 4.98 Å². The van der Waals surface area contributed by atoms with Gasteiger partial charge in [0.1, 0.15) is 4.34 Å². The van der Waals surface area contributed by atoms with E-state index in [1.807, 2.05) is 12.3 Å². The average molecular weight is 318 g/mol. The zero-order valence-electron chi connectivity index (χ0n) is 9.39. The average Bonchev–Trinajstić information content (AvgIpc) is 2.81. The molecule has 2 nitrogen and oxygen atoms in total. The number of nitrogens with zero attached hydrogens (tertiary/aromatic N) is 1. The van der Waals surface area contributed by atoms with Gasteiger partial charge in [0.05, 0.1) is 10.3 Å². The van der Waals surface area contributed by atoms with Gasteiger partial charge in [0, 0.05) is 22.2 Å². The molecule has 0 saturated heterocycles. The number of thiazole rings is 1. The summed E-state index contributed by atoms with van der Waals surface area (Å²) in [5.41, 5.74) is 0.498. The van der Waals surface area contributed by atoms with E-state index in [2.05, 4.69) is 4.98 Å². The van der Waals surface area contributed by atoms with Crippen LogP contribution in [0, 0.1) is 0 Å². The zero-order valence-corrected chi connectivity index (χ0v) is 12.5. The van der Waals surface area contributed by atoms with E-state index >= 15 is 0 Å². The van der Waals surface area contributed by atoms with E-state index in [1.165, 1.54) is 23.1 Å². The lowest BCUT2D eigenvalue weighted by Crippen LogP contribution is -2.13. The van der Waals surface area contributed by atoms with Crippen molar-refractivity contribution >= 4 is 52.1 Å². The summed E-state index contributed by atoms with van der Waals surface area (Å²) in [5, 5.41) is 2.57. The molecule has 0 N–H and O–H groups in total. The number of aromatic nitrogens is 1. The van der Waals surface area contributed by atoms with Crippen molar-refractivity contribution < 1.29 is 4.79 Å². The molecular weight excluding hydrogens is 309 g/mol. The van der Waals surface area contributed by atoms with E-state index in [9.17, 15) is 4.79 Å². The fourth-order valence-corrected chi connectivity index (χ4v) is 3.72. The second-order valence-corrected chi connectivity index (χ2v) is 6.87. The fraction of sp³-hybridized carbons (Fsp3) is 0.167. The first kappa shape index (κ1) is 13.9.